The summed E-state index contributed by atoms with van der Waals surface area (Å²) in [5.41, 5.74) is 6.02. The predicted octanol–water partition coefficient (Wildman–Crippen LogP) is 4.70. The van der Waals surface area contributed by atoms with Gasteiger partial charge in [-0.3, -0.25) is 0 Å². The number of rotatable bonds is 4. The highest BCUT2D eigenvalue weighted by Gasteiger charge is 2.11. The highest BCUT2D eigenvalue weighted by molar-refractivity contribution is 5.33. The molecule has 0 fully saturated rings. The summed E-state index contributed by atoms with van der Waals surface area (Å²) in [6.07, 6.45) is 0.242. The fraction of sp³-hybridized carbons (Fsp3) is 0.368. The van der Waals surface area contributed by atoms with Gasteiger partial charge >= 0.3 is 0 Å². The molecule has 2 rings (SSSR count). The number of aliphatic hydroxyl groups excluding tert-OH is 1. The van der Waals surface area contributed by atoms with Gasteiger partial charge in [-0.2, -0.15) is 0 Å². The Morgan fingerprint density at radius 2 is 1.50 bits per heavy atom. The zero-order valence-electron chi connectivity index (χ0n) is 12.9. The van der Waals surface area contributed by atoms with Crippen LogP contribution in [0, 0.1) is 13.8 Å². The second kappa shape index (κ2) is 6.23. The van der Waals surface area contributed by atoms with E-state index >= 15 is 0 Å². The Morgan fingerprint density at radius 1 is 0.900 bits per heavy atom. The molecule has 0 amide bonds. The molecule has 2 aromatic rings. The van der Waals surface area contributed by atoms with Crippen LogP contribution < -0.4 is 0 Å². The van der Waals surface area contributed by atoms with Crippen molar-refractivity contribution in [2.45, 2.75) is 46.1 Å². The van der Waals surface area contributed by atoms with E-state index in [0.29, 0.717) is 12.3 Å². The molecule has 0 saturated heterocycles. The lowest BCUT2D eigenvalue weighted by Crippen LogP contribution is -2.04. The number of aliphatic hydroxyl groups is 1. The lowest BCUT2D eigenvalue weighted by Gasteiger charge is -2.15. The number of aryl methyl sites for hydroxylation is 2. The van der Waals surface area contributed by atoms with Crippen molar-refractivity contribution in [3.8, 4) is 0 Å². The molecule has 0 radical (unpaired) electrons. The van der Waals surface area contributed by atoms with Crippen LogP contribution in [0.4, 0.5) is 0 Å². The predicted molar refractivity (Wildman–Crippen MR) is 85.1 cm³/mol. The average Bonchev–Trinajstić information content (AvgIpc) is 2.43. The van der Waals surface area contributed by atoms with Crippen molar-refractivity contribution in [1.29, 1.82) is 0 Å². The molecule has 0 aromatic heterocycles. The fourth-order valence-electron chi connectivity index (χ4n) is 2.45. The summed E-state index contributed by atoms with van der Waals surface area (Å²) in [6, 6.07) is 14.7. The van der Waals surface area contributed by atoms with Crippen LogP contribution in [-0.4, -0.2) is 5.11 Å². The van der Waals surface area contributed by atoms with Crippen LogP contribution in [0.5, 0.6) is 0 Å². The van der Waals surface area contributed by atoms with Crippen molar-refractivity contribution < 1.29 is 5.11 Å². The smallest absolute Gasteiger partial charge is 0.0830 e. The monoisotopic (exact) mass is 268 g/mol. The topological polar surface area (TPSA) is 20.2 Å². The van der Waals surface area contributed by atoms with Crippen molar-refractivity contribution in [3.05, 3.63) is 70.3 Å². The molecule has 0 aliphatic heterocycles. The standard InChI is InChI=1S/C19H24O/c1-13(2)16-7-9-17(10-8-16)19(20)12-18-11-14(3)5-6-15(18)4/h5-11,13,19-20H,12H2,1-4H3. The summed E-state index contributed by atoms with van der Waals surface area (Å²) in [4.78, 5) is 0. The third-order valence-electron chi connectivity index (χ3n) is 3.91. The zero-order chi connectivity index (χ0) is 14.7. The van der Waals surface area contributed by atoms with Crippen molar-refractivity contribution in [2.75, 3.05) is 0 Å². The van der Waals surface area contributed by atoms with E-state index in [1.165, 1.54) is 22.3 Å². The summed E-state index contributed by atoms with van der Waals surface area (Å²) in [6.45, 7) is 8.55. The maximum absolute atomic E-state index is 10.4. The van der Waals surface area contributed by atoms with Gasteiger partial charge in [-0.15, -0.1) is 0 Å². The van der Waals surface area contributed by atoms with Gasteiger partial charge in [0.1, 0.15) is 0 Å². The third kappa shape index (κ3) is 3.49. The van der Waals surface area contributed by atoms with Gasteiger partial charge in [-0.05, 0) is 42.0 Å². The molecule has 1 nitrogen and oxygen atoms in total. The number of hydrogen-bond donors (Lipinski definition) is 1. The lowest BCUT2D eigenvalue weighted by atomic mass is 9.95. The van der Waals surface area contributed by atoms with Crippen LogP contribution >= 0.6 is 0 Å². The van der Waals surface area contributed by atoms with Gasteiger partial charge in [-0.1, -0.05) is 61.9 Å². The quantitative estimate of drug-likeness (QED) is 0.852. The van der Waals surface area contributed by atoms with Gasteiger partial charge in [0, 0.05) is 6.42 Å². The van der Waals surface area contributed by atoms with Crippen LogP contribution in [0.2, 0.25) is 0 Å². The summed E-state index contributed by atoms with van der Waals surface area (Å²) in [7, 11) is 0. The first-order valence-corrected chi connectivity index (χ1v) is 7.31. The highest BCUT2D eigenvalue weighted by Crippen LogP contribution is 2.23. The SMILES string of the molecule is Cc1ccc(C)c(CC(O)c2ccc(C(C)C)cc2)c1. The Balaban J connectivity index is 2.15. The molecule has 0 aliphatic rings. The second-order valence-corrected chi connectivity index (χ2v) is 5.97. The average molecular weight is 268 g/mol. The Morgan fingerprint density at radius 3 is 2.10 bits per heavy atom. The molecule has 1 N–H and O–H groups in total. The van der Waals surface area contributed by atoms with Crippen LogP contribution in [0.15, 0.2) is 42.5 Å². The summed E-state index contributed by atoms with van der Waals surface area (Å²) in [5.74, 6) is 0.528. The molecule has 0 bridgehead atoms. The van der Waals surface area contributed by atoms with Crippen molar-refractivity contribution >= 4 is 0 Å². The van der Waals surface area contributed by atoms with Gasteiger partial charge in [0.2, 0.25) is 0 Å². The molecule has 0 aliphatic carbocycles. The normalized spacial score (nSPS) is 12.7. The second-order valence-electron chi connectivity index (χ2n) is 5.97. The molecule has 0 spiro atoms. The van der Waals surface area contributed by atoms with Gasteiger partial charge < -0.3 is 5.11 Å². The van der Waals surface area contributed by atoms with E-state index in [4.69, 9.17) is 0 Å². The van der Waals surface area contributed by atoms with E-state index in [1.54, 1.807) is 0 Å². The van der Waals surface area contributed by atoms with E-state index in [1.807, 2.05) is 12.1 Å². The molecule has 1 atom stereocenters. The Bertz CT molecular complexity index is 567. The Kier molecular flexibility index (Phi) is 4.61. The fourth-order valence-corrected chi connectivity index (χ4v) is 2.45. The van der Waals surface area contributed by atoms with Crippen molar-refractivity contribution in [3.63, 3.8) is 0 Å². The molecular formula is C19H24O. The van der Waals surface area contributed by atoms with Crippen LogP contribution in [-0.2, 0) is 6.42 Å². The minimum absolute atomic E-state index is 0.434. The largest absolute Gasteiger partial charge is 0.388 e. The minimum atomic E-state index is -0.434. The van der Waals surface area contributed by atoms with Crippen molar-refractivity contribution in [1.82, 2.24) is 0 Å². The first-order valence-electron chi connectivity index (χ1n) is 7.31. The number of benzene rings is 2. The maximum Gasteiger partial charge on any atom is 0.0830 e. The first-order chi connectivity index (χ1) is 9.47. The Hall–Kier alpha value is -1.60. The van der Waals surface area contributed by atoms with E-state index in [2.05, 4.69) is 58.0 Å². The van der Waals surface area contributed by atoms with Crippen LogP contribution in [0.3, 0.4) is 0 Å². The molecule has 0 saturated carbocycles. The van der Waals surface area contributed by atoms with Gasteiger partial charge in [0.25, 0.3) is 0 Å². The lowest BCUT2D eigenvalue weighted by molar-refractivity contribution is 0.178. The molecule has 20 heavy (non-hydrogen) atoms. The van der Waals surface area contributed by atoms with Gasteiger partial charge in [0.05, 0.1) is 6.10 Å². The molecule has 106 valence electrons. The van der Waals surface area contributed by atoms with Gasteiger partial charge in [-0.25, -0.2) is 0 Å². The maximum atomic E-state index is 10.4. The third-order valence-corrected chi connectivity index (χ3v) is 3.91. The van der Waals surface area contributed by atoms with Crippen LogP contribution in [0.1, 0.15) is 53.7 Å². The van der Waals surface area contributed by atoms with E-state index in [-0.39, 0.29) is 0 Å². The number of hydrogen-bond acceptors (Lipinski definition) is 1. The van der Waals surface area contributed by atoms with Crippen molar-refractivity contribution in [2.24, 2.45) is 0 Å². The van der Waals surface area contributed by atoms with E-state index in [9.17, 15) is 5.11 Å². The van der Waals surface area contributed by atoms with Gasteiger partial charge in [0.15, 0.2) is 0 Å². The molecular weight excluding hydrogens is 244 g/mol. The summed E-state index contributed by atoms with van der Waals surface area (Å²) < 4.78 is 0. The highest BCUT2D eigenvalue weighted by atomic mass is 16.3. The molecule has 2 aromatic carbocycles. The zero-order valence-corrected chi connectivity index (χ0v) is 12.9. The van der Waals surface area contributed by atoms with E-state index in [0.717, 1.165) is 5.56 Å². The first kappa shape index (κ1) is 14.8. The Labute approximate surface area is 122 Å². The molecule has 1 heteroatoms. The summed E-state index contributed by atoms with van der Waals surface area (Å²) >= 11 is 0. The summed E-state index contributed by atoms with van der Waals surface area (Å²) in [5, 5.41) is 10.4. The minimum Gasteiger partial charge on any atom is -0.388 e. The van der Waals surface area contributed by atoms with E-state index < -0.39 is 6.10 Å². The molecule has 1 unspecified atom stereocenters. The molecule has 0 heterocycles. The van der Waals surface area contributed by atoms with Crippen LogP contribution in [0.25, 0.3) is 0 Å².